The van der Waals surface area contributed by atoms with Gasteiger partial charge in [-0.3, -0.25) is 14.4 Å². The number of fused-ring (bicyclic) bond motifs is 3. The fraction of sp³-hybridized carbons (Fsp3) is 0.192. The highest BCUT2D eigenvalue weighted by Gasteiger charge is 2.64. The van der Waals surface area contributed by atoms with Crippen LogP contribution in [-0.2, 0) is 14.4 Å². The van der Waals surface area contributed by atoms with Crippen molar-refractivity contribution in [1.29, 1.82) is 0 Å². The van der Waals surface area contributed by atoms with Crippen LogP contribution >= 0.6 is 0 Å². The molecule has 2 aromatic carbocycles. The number of rotatable bonds is 2. The lowest BCUT2D eigenvalue weighted by Crippen LogP contribution is -2.63. The maximum Gasteiger partial charge on any atom is 0.255 e. The van der Waals surface area contributed by atoms with Gasteiger partial charge in [0.25, 0.3) is 5.91 Å². The first-order valence-corrected chi connectivity index (χ1v) is 11.4. The van der Waals surface area contributed by atoms with Crippen molar-refractivity contribution in [2.24, 2.45) is 17.6 Å². The second-order valence-corrected chi connectivity index (χ2v) is 9.43. The molecule has 1 saturated carbocycles. The van der Waals surface area contributed by atoms with E-state index in [0.29, 0.717) is 6.08 Å². The zero-order chi connectivity index (χ0) is 29.6. The van der Waals surface area contributed by atoms with Gasteiger partial charge in [-0.15, -0.1) is 0 Å². The van der Waals surface area contributed by atoms with Crippen molar-refractivity contribution in [3.8, 4) is 5.75 Å². The maximum atomic E-state index is 14.7. The Hall–Kier alpha value is -4.56. The summed E-state index contributed by atoms with van der Waals surface area (Å²) in [6.07, 6.45) is -2.72. The van der Waals surface area contributed by atoms with E-state index >= 15 is 0 Å². The lowest BCUT2D eigenvalue weighted by atomic mass is 9.56. The van der Waals surface area contributed by atoms with Crippen LogP contribution in [0.3, 0.4) is 0 Å². The number of benzene rings is 2. The number of hydrogen-bond acceptors (Lipinski definition) is 8. The van der Waals surface area contributed by atoms with Gasteiger partial charge in [0.15, 0.2) is 34.7 Å². The molecule has 4 unspecified atom stereocenters. The number of nitrogens with two attached hydrogens (primary N) is 1. The molecule has 0 heterocycles. The first-order valence-electron chi connectivity index (χ1n) is 11.4. The molecular weight excluding hydrogens is 549 g/mol. The van der Waals surface area contributed by atoms with Gasteiger partial charge in [0.1, 0.15) is 22.8 Å². The molecule has 9 nitrogen and oxygen atoms in total. The van der Waals surface area contributed by atoms with Crippen molar-refractivity contribution in [3.63, 3.8) is 0 Å². The Morgan fingerprint density at radius 3 is 2.12 bits per heavy atom. The average Bonchev–Trinajstić information content (AvgIpc) is 2.90. The summed E-state index contributed by atoms with van der Waals surface area (Å²) in [7, 11) is 0. The molecule has 0 radical (unpaired) electrons. The second-order valence-electron chi connectivity index (χ2n) is 9.43. The third-order valence-electron chi connectivity index (χ3n) is 7.44. The Bertz CT molecular complexity index is 1650. The van der Waals surface area contributed by atoms with E-state index < -0.39 is 122 Å². The lowest BCUT2D eigenvalue weighted by molar-refractivity contribution is -0.157. The molecule has 0 bridgehead atoms. The topological polar surface area (TPSA) is 178 Å². The largest absolute Gasteiger partial charge is 0.508 e. The van der Waals surface area contributed by atoms with Gasteiger partial charge in [0.05, 0.1) is 22.8 Å². The summed E-state index contributed by atoms with van der Waals surface area (Å²) in [5, 5.41) is 54.8. The molecule has 1 fully saturated rings. The van der Waals surface area contributed by atoms with Gasteiger partial charge < -0.3 is 31.3 Å². The van der Waals surface area contributed by atoms with Crippen LogP contribution < -0.4 is 5.73 Å². The van der Waals surface area contributed by atoms with Crippen LogP contribution in [0.25, 0.3) is 17.4 Å². The predicted octanol–water partition coefficient (Wildman–Crippen LogP) is 2.09. The van der Waals surface area contributed by atoms with Gasteiger partial charge in [-0.05, 0) is 23.3 Å². The van der Waals surface area contributed by atoms with Crippen molar-refractivity contribution in [3.05, 3.63) is 80.9 Å². The Kier molecular flexibility index (Phi) is 5.89. The first kappa shape index (κ1) is 27.0. The number of hydrogen-bond donors (Lipinski definition) is 6. The molecule has 0 aromatic heterocycles. The van der Waals surface area contributed by atoms with E-state index in [1.807, 2.05) is 0 Å². The van der Waals surface area contributed by atoms with Crippen molar-refractivity contribution < 1.29 is 61.9 Å². The average molecular weight is 565 g/mol. The van der Waals surface area contributed by atoms with Gasteiger partial charge in [-0.2, -0.15) is 0 Å². The second kappa shape index (κ2) is 8.72. The number of aliphatic hydroxyl groups is 4. The molecule has 40 heavy (non-hydrogen) atoms. The number of halogens is 5. The molecule has 0 saturated heterocycles. The summed E-state index contributed by atoms with van der Waals surface area (Å²) >= 11 is 0. The van der Waals surface area contributed by atoms with Gasteiger partial charge in [-0.1, -0.05) is 12.1 Å². The monoisotopic (exact) mass is 565 g/mol. The maximum absolute atomic E-state index is 14.7. The number of aromatic hydroxyl groups is 1. The molecule has 4 atom stereocenters. The summed E-state index contributed by atoms with van der Waals surface area (Å²) in [5.41, 5.74) is -3.17. The molecule has 0 spiro atoms. The van der Waals surface area contributed by atoms with Crippen LogP contribution in [-0.4, -0.2) is 54.7 Å². The number of Topliss-reactive ketones (excluding diaryl/α,β-unsaturated/α-hetero) is 2. The third kappa shape index (κ3) is 3.29. The van der Waals surface area contributed by atoms with E-state index in [9.17, 15) is 61.9 Å². The van der Waals surface area contributed by atoms with Gasteiger partial charge in [0.2, 0.25) is 11.6 Å². The summed E-state index contributed by atoms with van der Waals surface area (Å²) in [4.78, 5) is 38.0. The molecule has 14 heteroatoms. The van der Waals surface area contributed by atoms with Crippen LogP contribution in [0.4, 0.5) is 22.0 Å². The van der Waals surface area contributed by atoms with E-state index in [1.54, 1.807) is 0 Å². The van der Waals surface area contributed by atoms with E-state index in [0.717, 1.165) is 12.1 Å². The minimum Gasteiger partial charge on any atom is -0.508 e. The third-order valence-corrected chi connectivity index (χ3v) is 7.44. The highest BCUT2D eigenvalue weighted by molar-refractivity contribution is 6.23. The van der Waals surface area contributed by atoms with Crippen LogP contribution in [0.5, 0.6) is 5.75 Å². The van der Waals surface area contributed by atoms with Crippen molar-refractivity contribution in [2.45, 2.75) is 18.1 Å². The molecule has 3 aliphatic rings. The number of phenols is 1. The Balaban J connectivity index is 1.87. The number of ketones is 2. The zero-order valence-electron chi connectivity index (χ0n) is 19.7. The van der Waals surface area contributed by atoms with Crippen molar-refractivity contribution in [1.82, 2.24) is 0 Å². The Labute approximate surface area is 219 Å². The summed E-state index contributed by atoms with van der Waals surface area (Å²) in [6, 6.07) is 3.31. The van der Waals surface area contributed by atoms with Crippen molar-refractivity contribution in [2.75, 3.05) is 0 Å². The molecule has 2 aromatic rings. The number of amides is 1. The molecule has 1 amide bonds. The number of phenolic OH excluding ortho intramolecular Hbond substituents is 1. The van der Waals surface area contributed by atoms with E-state index in [2.05, 4.69) is 0 Å². The fourth-order valence-corrected chi connectivity index (χ4v) is 5.59. The van der Waals surface area contributed by atoms with Crippen LogP contribution in [0, 0.1) is 40.9 Å². The quantitative estimate of drug-likeness (QED) is 0.139. The summed E-state index contributed by atoms with van der Waals surface area (Å²) in [5.74, 6) is -23.1. The highest BCUT2D eigenvalue weighted by atomic mass is 19.2. The predicted molar refractivity (Wildman–Crippen MR) is 123 cm³/mol. The fourth-order valence-electron chi connectivity index (χ4n) is 5.59. The molecule has 208 valence electrons. The molecule has 3 aliphatic carbocycles. The van der Waals surface area contributed by atoms with Gasteiger partial charge >= 0.3 is 0 Å². The van der Waals surface area contributed by atoms with Gasteiger partial charge in [-0.25, -0.2) is 22.0 Å². The number of aliphatic hydroxyl groups excluding tert-OH is 3. The summed E-state index contributed by atoms with van der Waals surface area (Å²) < 4.78 is 71.0. The molecule has 0 aliphatic heterocycles. The van der Waals surface area contributed by atoms with Crippen LogP contribution in [0.1, 0.15) is 23.1 Å². The minimum absolute atomic E-state index is 0.313. The first-order chi connectivity index (χ1) is 18.7. The number of carbonyl (C=O) groups is 3. The zero-order valence-corrected chi connectivity index (χ0v) is 19.7. The van der Waals surface area contributed by atoms with Crippen LogP contribution in [0.15, 0.2) is 35.1 Å². The minimum atomic E-state index is -3.21. The van der Waals surface area contributed by atoms with E-state index in [4.69, 9.17) is 5.73 Å². The molecule has 7 N–H and O–H groups in total. The lowest BCUT2D eigenvalue weighted by Gasteiger charge is -2.49. The standard InChI is InChI=1S/C26H16F5NO8/c27-16-8(17(28)19(30)20(31)18(16)29)4-7-6-2-1-3-10(33)12(6)22(36)15-13(7)21(35)9-5-11(34)14(25(32)39)23(37)26(9,40)24(15)38/h1-4,9,13,21,33,35-37,40H,5H2,(H2,32,39)/b7-4+. The van der Waals surface area contributed by atoms with E-state index in [1.165, 1.54) is 6.07 Å². The van der Waals surface area contributed by atoms with E-state index in [-0.39, 0.29) is 5.56 Å². The Morgan fingerprint density at radius 2 is 1.55 bits per heavy atom. The molecular formula is C26H16F5NO8. The Morgan fingerprint density at radius 1 is 0.975 bits per heavy atom. The van der Waals surface area contributed by atoms with Crippen LogP contribution in [0.2, 0.25) is 0 Å². The normalized spacial score (nSPS) is 27.1. The number of primary amides is 1. The van der Waals surface area contributed by atoms with Gasteiger partial charge in [0, 0.05) is 18.3 Å². The summed E-state index contributed by atoms with van der Waals surface area (Å²) in [6.45, 7) is 0. The number of carbonyl (C=O) groups excluding carboxylic acids is 3. The smallest absolute Gasteiger partial charge is 0.255 e. The highest BCUT2D eigenvalue weighted by Crippen LogP contribution is 2.55. The SMILES string of the molecule is NC(=O)C1=C(O)C2(O)C(=O)C3=C(O)c4c(O)cccc4/C(=C\c4c(F)c(F)c(F)c(F)c4F)C3C(O)C2CC1=O. The molecule has 5 rings (SSSR count). The van der Waals surface area contributed by atoms with Crippen molar-refractivity contribution >= 4 is 34.9 Å².